The Balaban J connectivity index is 1.19. The van der Waals surface area contributed by atoms with Crippen molar-refractivity contribution in [3.05, 3.63) is 176 Å². The zero-order valence-corrected chi connectivity index (χ0v) is 28.1. The first-order valence-corrected chi connectivity index (χ1v) is 18.2. The van der Waals surface area contributed by atoms with Crippen molar-refractivity contribution in [1.82, 2.24) is 0 Å². The van der Waals surface area contributed by atoms with E-state index in [0.29, 0.717) is 0 Å². The van der Waals surface area contributed by atoms with Gasteiger partial charge in [0.25, 0.3) is 0 Å². The number of anilines is 3. The molecule has 0 amide bonds. The average molecular weight is 660 g/mol. The van der Waals surface area contributed by atoms with Crippen LogP contribution < -0.4 is 4.90 Å². The Morgan fingerprint density at radius 3 is 1.88 bits per heavy atom. The van der Waals surface area contributed by atoms with Gasteiger partial charge >= 0.3 is 0 Å². The van der Waals surface area contributed by atoms with Crippen molar-refractivity contribution in [2.24, 2.45) is 0 Å². The third-order valence-electron chi connectivity index (χ3n) is 9.65. The maximum Gasteiger partial charge on any atom is 0.0540 e. The molecule has 0 aliphatic heterocycles. The van der Waals surface area contributed by atoms with Gasteiger partial charge in [-0.05, 0) is 88.1 Å². The molecule has 0 aliphatic rings. The number of thiophene rings is 2. The molecule has 0 N–H and O–H groups in total. The molecule has 0 fully saturated rings. The van der Waals surface area contributed by atoms with E-state index in [1.807, 2.05) is 22.7 Å². The van der Waals surface area contributed by atoms with Crippen LogP contribution in [0.25, 0.3) is 73.4 Å². The van der Waals surface area contributed by atoms with Gasteiger partial charge in [0.2, 0.25) is 0 Å². The second-order valence-electron chi connectivity index (χ2n) is 12.5. The lowest BCUT2D eigenvalue weighted by molar-refractivity contribution is 1.28. The molecule has 0 spiro atoms. The molecule has 10 aromatic rings. The van der Waals surface area contributed by atoms with Crippen molar-refractivity contribution in [3.8, 4) is 22.3 Å². The molecule has 49 heavy (non-hydrogen) atoms. The zero-order chi connectivity index (χ0) is 32.3. The van der Waals surface area contributed by atoms with Gasteiger partial charge in [0.1, 0.15) is 0 Å². The molecule has 0 bridgehead atoms. The summed E-state index contributed by atoms with van der Waals surface area (Å²) in [6, 6.07) is 64.4. The van der Waals surface area contributed by atoms with Crippen molar-refractivity contribution < 1.29 is 0 Å². The van der Waals surface area contributed by atoms with Gasteiger partial charge in [0.05, 0.1) is 5.69 Å². The highest BCUT2D eigenvalue weighted by molar-refractivity contribution is 7.26. The summed E-state index contributed by atoms with van der Waals surface area (Å²) in [4.78, 5) is 2.42. The lowest BCUT2D eigenvalue weighted by atomic mass is 9.93. The largest absolute Gasteiger partial charge is 0.310 e. The van der Waals surface area contributed by atoms with Gasteiger partial charge in [-0.15, -0.1) is 22.7 Å². The minimum absolute atomic E-state index is 1.12. The number of fused-ring (bicyclic) bond motifs is 8. The van der Waals surface area contributed by atoms with E-state index in [0.717, 1.165) is 17.1 Å². The van der Waals surface area contributed by atoms with Crippen LogP contribution in [0.2, 0.25) is 0 Å². The van der Waals surface area contributed by atoms with Crippen LogP contribution >= 0.6 is 22.7 Å². The summed E-state index contributed by atoms with van der Waals surface area (Å²) in [5.74, 6) is 0. The number of hydrogen-bond donors (Lipinski definition) is 0. The Labute approximate surface area is 292 Å². The Hall–Kier alpha value is -5.74. The van der Waals surface area contributed by atoms with E-state index in [4.69, 9.17) is 0 Å². The van der Waals surface area contributed by atoms with E-state index in [2.05, 4.69) is 181 Å². The summed E-state index contributed by atoms with van der Waals surface area (Å²) < 4.78 is 5.30. The summed E-state index contributed by atoms with van der Waals surface area (Å²) in [5, 5.41) is 7.87. The van der Waals surface area contributed by atoms with Crippen LogP contribution in [0, 0.1) is 0 Å². The third-order valence-corrected chi connectivity index (χ3v) is 11.9. The molecular weight excluding hydrogens is 631 g/mol. The van der Waals surface area contributed by atoms with E-state index in [-0.39, 0.29) is 0 Å². The average Bonchev–Trinajstić information content (AvgIpc) is 3.74. The van der Waals surface area contributed by atoms with Gasteiger partial charge in [-0.2, -0.15) is 0 Å². The van der Waals surface area contributed by atoms with E-state index in [1.165, 1.54) is 73.4 Å². The molecule has 2 heterocycles. The zero-order valence-electron chi connectivity index (χ0n) is 26.5. The summed E-state index contributed by atoms with van der Waals surface area (Å²) in [7, 11) is 0. The van der Waals surface area contributed by atoms with Crippen LogP contribution in [0.15, 0.2) is 176 Å². The van der Waals surface area contributed by atoms with Crippen molar-refractivity contribution in [3.63, 3.8) is 0 Å². The molecule has 0 saturated heterocycles. The fourth-order valence-corrected chi connectivity index (χ4v) is 9.65. The second-order valence-corrected chi connectivity index (χ2v) is 14.7. The summed E-state index contributed by atoms with van der Waals surface area (Å²) in [6.45, 7) is 0. The lowest BCUT2D eigenvalue weighted by Crippen LogP contribution is -2.11. The minimum Gasteiger partial charge on any atom is -0.310 e. The van der Waals surface area contributed by atoms with Crippen molar-refractivity contribution in [2.75, 3.05) is 4.90 Å². The SMILES string of the molecule is c1ccc(N(c2cccc(-c3ccc4sc5ccccc5c4c3)c2)c2ccccc2-c2cccc3ccc4sc5ccccc5c4c23)cc1. The van der Waals surface area contributed by atoms with Crippen molar-refractivity contribution >= 4 is 90.9 Å². The predicted octanol–water partition coefficient (Wildman–Crippen LogP) is 14.4. The first-order chi connectivity index (χ1) is 24.3. The standard InChI is InChI=1S/C46H29NS2/c1-2-14-33(15-3-1)47(34-16-10-13-31(28-34)32-25-26-43-39(29-32)36-18-5-8-22-41(36)48-43)40-21-7-4-17-35(40)37-20-11-12-30-24-27-44-46(45(30)37)38-19-6-9-23-42(38)49-44/h1-29H. The number of rotatable bonds is 5. The van der Waals surface area contributed by atoms with Crippen LogP contribution in [0.5, 0.6) is 0 Å². The van der Waals surface area contributed by atoms with Gasteiger partial charge in [-0.25, -0.2) is 0 Å². The molecule has 0 radical (unpaired) electrons. The molecule has 0 aliphatic carbocycles. The predicted molar refractivity (Wildman–Crippen MR) is 215 cm³/mol. The van der Waals surface area contributed by atoms with Crippen LogP contribution in [-0.4, -0.2) is 0 Å². The fraction of sp³-hybridized carbons (Fsp3) is 0. The number of benzene rings is 8. The quantitative estimate of drug-likeness (QED) is 0.178. The summed E-state index contributed by atoms with van der Waals surface area (Å²) in [6.07, 6.45) is 0. The van der Waals surface area contributed by atoms with E-state index < -0.39 is 0 Å². The van der Waals surface area contributed by atoms with E-state index in [9.17, 15) is 0 Å². The van der Waals surface area contributed by atoms with Crippen LogP contribution in [0.4, 0.5) is 17.1 Å². The molecule has 230 valence electrons. The first-order valence-electron chi connectivity index (χ1n) is 16.6. The smallest absolute Gasteiger partial charge is 0.0540 e. The van der Waals surface area contributed by atoms with Gasteiger partial charge in [0.15, 0.2) is 0 Å². The minimum atomic E-state index is 1.12. The topological polar surface area (TPSA) is 3.24 Å². The Morgan fingerprint density at radius 2 is 0.980 bits per heavy atom. The van der Waals surface area contributed by atoms with Crippen LogP contribution in [0.3, 0.4) is 0 Å². The first kappa shape index (κ1) is 28.3. The monoisotopic (exact) mass is 659 g/mol. The second kappa shape index (κ2) is 11.5. The molecule has 8 aromatic carbocycles. The normalized spacial score (nSPS) is 11.7. The number of para-hydroxylation sites is 2. The van der Waals surface area contributed by atoms with E-state index in [1.54, 1.807) is 0 Å². The van der Waals surface area contributed by atoms with E-state index >= 15 is 0 Å². The lowest BCUT2D eigenvalue weighted by Gasteiger charge is -2.28. The Bertz CT molecular complexity index is 2840. The van der Waals surface area contributed by atoms with Gasteiger partial charge in [-0.3, -0.25) is 0 Å². The molecule has 0 saturated carbocycles. The maximum absolute atomic E-state index is 2.42. The Kier molecular flexibility index (Phi) is 6.61. The highest BCUT2D eigenvalue weighted by Crippen LogP contribution is 2.47. The number of hydrogen-bond acceptors (Lipinski definition) is 3. The molecule has 0 unspecified atom stereocenters. The van der Waals surface area contributed by atoms with Gasteiger partial charge < -0.3 is 4.90 Å². The molecule has 3 heteroatoms. The Morgan fingerprint density at radius 1 is 0.347 bits per heavy atom. The van der Waals surface area contributed by atoms with Gasteiger partial charge in [0, 0.05) is 57.3 Å². The molecule has 10 rings (SSSR count). The highest BCUT2D eigenvalue weighted by Gasteiger charge is 2.20. The number of nitrogens with zero attached hydrogens (tertiary/aromatic N) is 1. The van der Waals surface area contributed by atoms with Crippen molar-refractivity contribution in [1.29, 1.82) is 0 Å². The third kappa shape index (κ3) is 4.66. The van der Waals surface area contributed by atoms with Gasteiger partial charge in [-0.1, -0.05) is 115 Å². The summed E-state index contributed by atoms with van der Waals surface area (Å²) >= 11 is 3.74. The summed E-state index contributed by atoms with van der Waals surface area (Å²) in [5.41, 5.74) is 8.26. The molecule has 2 aromatic heterocycles. The fourth-order valence-electron chi connectivity index (χ4n) is 7.45. The molecule has 0 atom stereocenters. The van der Waals surface area contributed by atoms with Crippen molar-refractivity contribution in [2.45, 2.75) is 0 Å². The van der Waals surface area contributed by atoms with Crippen LogP contribution in [0.1, 0.15) is 0 Å². The maximum atomic E-state index is 2.42. The molecule has 1 nitrogen and oxygen atoms in total. The van der Waals surface area contributed by atoms with Crippen LogP contribution in [-0.2, 0) is 0 Å². The highest BCUT2D eigenvalue weighted by atomic mass is 32.1. The molecular formula is C46H29NS2.